The fourth-order valence-corrected chi connectivity index (χ4v) is 1.71. The number of Topliss-reactive ketones (excluding diaryl/α,β-unsaturated/α-hetero) is 1. The van der Waals surface area contributed by atoms with Crippen LogP contribution >= 0.6 is 0 Å². The average molecular weight is 184 g/mol. The van der Waals surface area contributed by atoms with Crippen LogP contribution in [0.2, 0.25) is 0 Å². The molecule has 0 atom stereocenters. The van der Waals surface area contributed by atoms with Crippen LogP contribution in [0.4, 0.5) is 0 Å². The first-order valence-electron chi connectivity index (χ1n) is 4.81. The van der Waals surface area contributed by atoms with Gasteiger partial charge in [-0.3, -0.25) is 9.59 Å². The zero-order chi connectivity index (χ0) is 9.68. The van der Waals surface area contributed by atoms with Gasteiger partial charge in [-0.15, -0.1) is 0 Å². The van der Waals surface area contributed by atoms with Crippen molar-refractivity contribution in [3.63, 3.8) is 0 Å². The molecule has 0 amide bonds. The van der Waals surface area contributed by atoms with Crippen molar-refractivity contribution in [3.05, 3.63) is 0 Å². The molecule has 0 unspecified atom stereocenters. The van der Waals surface area contributed by atoms with Crippen molar-refractivity contribution in [3.8, 4) is 0 Å². The predicted molar refractivity (Wildman–Crippen MR) is 48.2 cm³/mol. The molecule has 0 aromatic heterocycles. The molecular weight excluding hydrogens is 168 g/mol. The normalized spacial score (nSPS) is 18.7. The molecule has 3 nitrogen and oxygen atoms in total. The van der Waals surface area contributed by atoms with Gasteiger partial charge >= 0.3 is 5.97 Å². The fraction of sp³-hybridized carbons (Fsp3) is 0.800. The quantitative estimate of drug-likeness (QED) is 0.627. The van der Waals surface area contributed by atoms with E-state index < -0.39 is 0 Å². The summed E-state index contributed by atoms with van der Waals surface area (Å²) in [4.78, 5) is 21.7. The number of ether oxygens (including phenoxy) is 1. The third-order valence-electron chi connectivity index (χ3n) is 2.65. The maximum absolute atomic E-state index is 10.9. The highest BCUT2D eigenvalue weighted by molar-refractivity contribution is 5.79. The highest BCUT2D eigenvalue weighted by Crippen LogP contribution is 2.25. The lowest BCUT2D eigenvalue weighted by Crippen LogP contribution is -2.15. The Bertz CT molecular complexity index is 188. The molecule has 0 aromatic carbocycles. The number of methoxy groups -OCH3 is 1. The second kappa shape index (κ2) is 5.00. The maximum atomic E-state index is 10.9. The van der Waals surface area contributed by atoms with Crippen molar-refractivity contribution < 1.29 is 14.3 Å². The van der Waals surface area contributed by atoms with Crippen molar-refractivity contribution in [2.45, 2.75) is 38.5 Å². The third-order valence-corrected chi connectivity index (χ3v) is 2.65. The van der Waals surface area contributed by atoms with Gasteiger partial charge in [-0.25, -0.2) is 0 Å². The molecule has 3 heteroatoms. The van der Waals surface area contributed by atoms with Crippen LogP contribution < -0.4 is 0 Å². The molecule has 1 aliphatic rings. The largest absolute Gasteiger partial charge is 0.469 e. The lowest BCUT2D eigenvalue weighted by atomic mass is 9.85. The molecule has 1 fully saturated rings. The Labute approximate surface area is 78.5 Å². The molecule has 1 saturated carbocycles. The first kappa shape index (κ1) is 10.2. The van der Waals surface area contributed by atoms with Gasteiger partial charge in [0.1, 0.15) is 5.78 Å². The number of esters is 1. The van der Waals surface area contributed by atoms with Gasteiger partial charge in [0, 0.05) is 19.3 Å². The molecule has 1 rings (SSSR count). The average Bonchev–Trinajstić information content (AvgIpc) is 2.16. The highest BCUT2D eigenvalue weighted by atomic mass is 16.5. The van der Waals surface area contributed by atoms with Crippen molar-refractivity contribution in [2.75, 3.05) is 7.11 Å². The van der Waals surface area contributed by atoms with Gasteiger partial charge < -0.3 is 4.74 Å². The topological polar surface area (TPSA) is 43.4 Å². The second-order valence-electron chi connectivity index (χ2n) is 3.60. The summed E-state index contributed by atoms with van der Waals surface area (Å²) in [5.74, 6) is 0.781. The number of hydrogen-bond acceptors (Lipinski definition) is 3. The number of rotatable bonds is 3. The summed E-state index contributed by atoms with van der Waals surface area (Å²) in [5.41, 5.74) is 0. The van der Waals surface area contributed by atoms with E-state index in [4.69, 9.17) is 0 Å². The van der Waals surface area contributed by atoms with E-state index in [1.54, 1.807) is 0 Å². The first-order valence-corrected chi connectivity index (χ1v) is 4.81. The molecule has 1 aliphatic carbocycles. The number of ketones is 1. The maximum Gasteiger partial charge on any atom is 0.305 e. The summed E-state index contributed by atoms with van der Waals surface area (Å²) in [6, 6.07) is 0. The number of hydrogen-bond donors (Lipinski definition) is 0. The Hall–Kier alpha value is -0.860. The SMILES string of the molecule is COC(=O)CCC1CCC(=O)CC1. The molecular formula is C10H16O3. The zero-order valence-electron chi connectivity index (χ0n) is 8.04. The Morgan fingerprint density at radius 2 is 2.08 bits per heavy atom. The van der Waals surface area contributed by atoms with Crippen LogP contribution in [0.1, 0.15) is 38.5 Å². The summed E-state index contributed by atoms with van der Waals surface area (Å²) in [6.07, 6.45) is 4.68. The van der Waals surface area contributed by atoms with E-state index in [1.165, 1.54) is 7.11 Å². The lowest BCUT2D eigenvalue weighted by Gasteiger charge is -2.19. The smallest absolute Gasteiger partial charge is 0.305 e. The first-order chi connectivity index (χ1) is 6.22. The summed E-state index contributed by atoms with van der Waals surface area (Å²) in [6.45, 7) is 0. The minimum absolute atomic E-state index is 0.142. The summed E-state index contributed by atoms with van der Waals surface area (Å²) >= 11 is 0. The van der Waals surface area contributed by atoms with Crippen molar-refractivity contribution >= 4 is 11.8 Å². The molecule has 0 aliphatic heterocycles. The van der Waals surface area contributed by atoms with Gasteiger partial charge in [-0.2, -0.15) is 0 Å². The Morgan fingerprint density at radius 3 is 2.62 bits per heavy atom. The summed E-state index contributed by atoms with van der Waals surface area (Å²) in [7, 11) is 1.41. The van der Waals surface area contributed by atoms with E-state index in [-0.39, 0.29) is 5.97 Å². The number of carbonyl (C=O) groups excluding carboxylic acids is 2. The highest BCUT2D eigenvalue weighted by Gasteiger charge is 2.19. The lowest BCUT2D eigenvalue weighted by molar-refractivity contribution is -0.141. The van der Waals surface area contributed by atoms with E-state index in [1.807, 2.05) is 0 Å². The van der Waals surface area contributed by atoms with Crippen molar-refractivity contribution in [2.24, 2.45) is 5.92 Å². The molecule has 0 saturated heterocycles. The van der Waals surface area contributed by atoms with Gasteiger partial charge in [0.05, 0.1) is 7.11 Å². The van der Waals surface area contributed by atoms with Gasteiger partial charge in [-0.05, 0) is 25.2 Å². The van der Waals surface area contributed by atoms with Gasteiger partial charge in [0.25, 0.3) is 0 Å². The molecule has 0 heterocycles. The fourth-order valence-electron chi connectivity index (χ4n) is 1.71. The summed E-state index contributed by atoms with van der Waals surface area (Å²) in [5, 5.41) is 0. The Kier molecular flexibility index (Phi) is 3.93. The Balaban J connectivity index is 2.15. The van der Waals surface area contributed by atoms with Gasteiger partial charge in [0.2, 0.25) is 0 Å². The van der Waals surface area contributed by atoms with Crippen LogP contribution in [-0.4, -0.2) is 18.9 Å². The number of carbonyl (C=O) groups is 2. The van der Waals surface area contributed by atoms with E-state index in [0.29, 0.717) is 31.0 Å². The standard InChI is InChI=1S/C10H16O3/c1-13-10(12)7-4-8-2-5-9(11)6-3-8/h8H,2-7H2,1H3. The van der Waals surface area contributed by atoms with Crippen LogP contribution in [-0.2, 0) is 14.3 Å². The predicted octanol–water partition coefficient (Wildman–Crippen LogP) is 1.70. The van der Waals surface area contributed by atoms with E-state index in [9.17, 15) is 9.59 Å². The van der Waals surface area contributed by atoms with Gasteiger partial charge in [0.15, 0.2) is 0 Å². The third kappa shape index (κ3) is 3.57. The molecule has 0 spiro atoms. The van der Waals surface area contributed by atoms with Gasteiger partial charge in [-0.1, -0.05) is 0 Å². The van der Waals surface area contributed by atoms with Crippen LogP contribution in [0.3, 0.4) is 0 Å². The molecule has 0 radical (unpaired) electrons. The van der Waals surface area contributed by atoms with Crippen LogP contribution in [0.15, 0.2) is 0 Å². The van der Waals surface area contributed by atoms with E-state index >= 15 is 0 Å². The molecule has 74 valence electrons. The minimum Gasteiger partial charge on any atom is -0.469 e. The molecule has 13 heavy (non-hydrogen) atoms. The monoisotopic (exact) mass is 184 g/mol. The minimum atomic E-state index is -0.142. The van der Waals surface area contributed by atoms with Crippen LogP contribution in [0.25, 0.3) is 0 Å². The molecule has 0 bridgehead atoms. The van der Waals surface area contributed by atoms with Crippen molar-refractivity contribution in [1.82, 2.24) is 0 Å². The van der Waals surface area contributed by atoms with Crippen LogP contribution in [0.5, 0.6) is 0 Å². The Morgan fingerprint density at radius 1 is 1.46 bits per heavy atom. The van der Waals surface area contributed by atoms with Crippen LogP contribution in [0, 0.1) is 5.92 Å². The molecule has 0 aromatic rings. The molecule has 0 N–H and O–H groups in total. The zero-order valence-corrected chi connectivity index (χ0v) is 8.04. The van der Waals surface area contributed by atoms with Crippen molar-refractivity contribution in [1.29, 1.82) is 0 Å². The van der Waals surface area contributed by atoms with E-state index in [0.717, 1.165) is 19.3 Å². The second-order valence-corrected chi connectivity index (χ2v) is 3.60. The van der Waals surface area contributed by atoms with E-state index in [2.05, 4.69) is 4.74 Å². The summed E-state index contributed by atoms with van der Waals surface area (Å²) < 4.78 is 4.56.